The van der Waals surface area contributed by atoms with E-state index in [2.05, 4.69) is 83.9 Å². The summed E-state index contributed by atoms with van der Waals surface area (Å²) in [6, 6.07) is 0. The lowest BCUT2D eigenvalue weighted by molar-refractivity contribution is -0.134. The van der Waals surface area contributed by atoms with Crippen molar-refractivity contribution < 1.29 is 4.79 Å². The minimum atomic E-state index is 0.307. The van der Waals surface area contributed by atoms with Gasteiger partial charge in [0.15, 0.2) is 0 Å². The molecule has 1 aliphatic rings. The van der Waals surface area contributed by atoms with Gasteiger partial charge in [-0.1, -0.05) is 95.8 Å². The maximum Gasteiger partial charge on any atom is 0.236 e. The Hall–Kier alpha value is -1.43. The van der Waals surface area contributed by atoms with Crippen LogP contribution in [0, 0.1) is 0 Å². The number of hydrogen-bond acceptors (Lipinski definition) is 4. The summed E-state index contributed by atoms with van der Waals surface area (Å²) in [7, 11) is 2.15. The van der Waals surface area contributed by atoms with Crippen LogP contribution in [0.4, 0.5) is 0 Å². The standard InChI is InChI=1S/C36H68N4O/c1-5-8-11-14-17-20-23-26-38(27-24-21-18-15-12-9-6-2)31-32-39(28-25-22-19-16-13-10-7-3)35-36(41)40-33-29-37(4)30-34-40/h17-22H,5-16,23-35H2,1-4H3/b20-17-,21-18-,22-19-. The highest BCUT2D eigenvalue weighted by Gasteiger charge is 2.21. The molecular formula is C36H68N4O. The Balaban J connectivity index is 2.68. The smallest absolute Gasteiger partial charge is 0.236 e. The number of carbonyl (C=O) groups excluding carboxylic acids is 1. The lowest BCUT2D eigenvalue weighted by atomic mass is 10.2. The third kappa shape index (κ3) is 21.9. The summed E-state index contributed by atoms with van der Waals surface area (Å²) in [4.78, 5) is 22.7. The fraction of sp³-hybridized carbons (Fsp3) is 0.806. The van der Waals surface area contributed by atoms with Crippen molar-refractivity contribution >= 4 is 5.91 Å². The van der Waals surface area contributed by atoms with Crippen LogP contribution in [0.3, 0.4) is 0 Å². The summed E-state index contributed by atoms with van der Waals surface area (Å²) < 4.78 is 0. The monoisotopic (exact) mass is 573 g/mol. The fourth-order valence-electron chi connectivity index (χ4n) is 5.25. The molecule has 0 aromatic rings. The minimum absolute atomic E-state index is 0.307. The molecule has 1 rings (SSSR count). The number of likely N-dealkylation sites (N-methyl/N-ethyl adjacent to an activating group) is 1. The van der Waals surface area contributed by atoms with E-state index in [1.165, 1.54) is 77.0 Å². The van der Waals surface area contributed by atoms with Crippen molar-refractivity contribution in [2.75, 3.05) is 72.5 Å². The summed E-state index contributed by atoms with van der Waals surface area (Å²) in [5.41, 5.74) is 0. The number of rotatable bonds is 26. The minimum Gasteiger partial charge on any atom is -0.339 e. The normalized spacial score (nSPS) is 15.1. The van der Waals surface area contributed by atoms with Crippen molar-refractivity contribution in [1.29, 1.82) is 0 Å². The molecule has 0 spiro atoms. The highest BCUT2D eigenvalue weighted by molar-refractivity contribution is 5.78. The number of unbranched alkanes of at least 4 members (excludes halogenated alkanes) is 9. The van der Waals surface area contributed by atoms with Crippen LogP contribution in [0.25, 0.3) is 0 Å². The number of piperazine rings is 1. The van der Waals surface area contributed by atoms with Gasteiger partial charge in [-0.3, -0.25) is 9.69 Å². The van der Waals surface area contributed by atoms with Gasteiger partial charge < -0.3 is 14.7 Å². The van der Waals surface area contributed by atoms with Gasteiger partial charge in [-0.05, 0) is 64.8 Å². The van der Waals surface area contributed by atoms with E-state index >= 15 is 0 Å². The first-order valence-corrected chi connectivity index (χ1v) is 17.5. The Bertz CT molecular complexity index is 657. The van der Waals surface area contributed by atoms with Crippen LogP contribution in [-0.4, -0.2) is 98.0 Å². The van der Waals surface area contributed by atoms with Crippen LogP contribution in [-0.2, 0) is 4.79 Å². The Morgan fingerprint density at radius 1 is 0.537 bits per heavy atom. The zero-order chi connectivity index (χ0) is 29.8. The molecule has 0 bridgehead atoms. The molecular weight excluding hydrogens is 504 g/mol. The van der Waals surface area contributed by atoms with Gasteiger partial charge in [-0.25, -0.2) is 0 Å². The van der Waals surface area contributed by atoms with E-state index in [9.17, 15) is 4.79 Å². The molecule has 1 fully saturated rings. The lowest BCUT2D eigenvalue weighted by Crippen LogP contribution is -2.50. The van der Waals surface area contributed by atoms with E-state index in [4.69, 9.17) is 0 Å². The van der Waals surface area contributed by atoms with Gasteiger partial charge in [0.1, 0.15) is 0 Å². The van der Waals surface area contributed by atoms with Crippen molar-refractivity contribution in [3.8, 4) is 0 Å². The molecule has 0 saturated carbocycles. The largest absolute Gasteiger partial charge is 0.339 e. The van der Waals surface area contributed by atoms with Crippen molar-refractivity contribution in [3.05, 3.63) is 36.5 Å². The third-order valence-corrected chi connectivity index (χ3v) is 8.21. The molecule has 0 aromatic heterocycles. The first-order valence-electron chi connectivity index (χ1n) is 17.5. The molecule has 0 radical (unpaired) electrons. The molecule has 1 saturated heterocycles. The van der Waals surface area contributed by atoms with Crippen molar-refractivity contribution in [3.63, 3.8) is 0 Å². The van der Waals surface area contributed by atoms with E-state index in [0.29, 0.717) is 12.5 Å². The zero-order valence-electron chi connectivity index (χ0n) is 27.8. The van der Waals surface area contributed by atoms with Crippen LogP contribution in [0.5, 0.6) is 0 Å². The SMILES string of the molecule is CCCCC/C=C\CCN(CC/C=C\CCCCC)CCN(CC/C=C\CCCCC)CC(=O)N1CCN(C)CC1. The second kappa shape index (κ2) is 27.4. The summed E-state index contributed by atoms with van der Waals surface area (Å²) in [5.74, 6) is 0.307. The Morgan fingerprint density at radius 3 is 1.37 bits per heavy atom. The first-order chi connectivity index (χ1) is 20.1. The third-order valence-electron chi connectivity index (χ3n) is 8.21. The molecule has 1 aliphatic heterocycles. The topological polar surface area (TPSA) is 30.0 Å². The molecule has 0 aromatic carbocycles. The van der Waals surface area contributed by atoms with E-state index in [0.717, 1.165) is 78.2 Å². The Morgan fingerprint density at radius 2 is 0.927 bits per heavy atom. The van der Waals surface area contributed by atoms with Crippen molar-refractivity contribution in [2.24, 2.45) is 0 Å². The average molecular weight is 573 g/mol. The van der Waals surface area contributed by atoms with Gasteiger partial charge in [0.05, 0.1) is 6.54 Å². The highest BCUT2D eigenvalue weighted by Crippen LogP contribution is 2.07. The van der Waals surface area contributed by atoms with Crippen molar-refractivity contribution in [1.82, 2.24) is 19.6 Å². The summed E-state index contributed by atoms with van der Waals surface area (Å²) in [6.45, 7) is 16.2. The molecule has 0 aliphatic carbocycles. The number of nitrogens with zero attached hydrogens (tertiary/aromatic N) is 4. The highest BCUT2D eigenvalue weighted by atomic mass is 16.2. The summed E-state index contributed by atoms with van der Waals surface area (Å²) in [5, 5.41) is 0. The number of carbonyl (C=O) groups is 1. The molecule has 0 atom stereocenters. The van der Waals surface area contributed by atoms with Gasteiger partial charge in [0, 0.05) is 58.9 Å². The molecule has 1 heterocycles. The van der Waals surface area contributed by atoms with E-state index < -0.39 is 0 Å². The maximum absolute atomic E-state index is 13.2. The van der Waals surface area contributed by atoms with Gasteiger partial charge in [-0.15, -0.1) is 0 Å². The predicted molar refractivity (Wildman–Crippen MR) is 181 cm³/mol. The summed E-state index contributed by atoms with van der Waals surface area (Å²) >= 11 is 0. The molecule has 41 heavy (non-hydrogen) atoms. The fourth-order valence-corrected chi connectivity index (χ4v) is 5.25. The van der Waals surface area contributed by atoms with Crippen LogP contribution >= 0.6 is 0 Å². The number of hydrogen-bond donors (Lipinski definition) is 0. The number of allylic oxidation sites excluding steroid dienone is 3. The van der Waals surface area contributed by atoms with E-state index in [1.54, 1.807) is 0 Å². The van der Waals surface area contributed by atoms with Gasteiger partial charge in [-0.2, -0.15) is 0 Å². The maximum atomic E-state index is 13.2. The average Bonchev–Trinajstić information content (AvgIpc) is 2.98. The van der Waals surface area contributed by atoms with Crippen LogP contribution in [0.2, 0.25) is 0 Å². The number of amides is 1. The van der Waals surface area contributed by atoms with Gasteiger partial charge in [0.25, 0.3) is 0 Å². The predicted octanol–water partition coefficient (Wildman–Crippen LogP) is 7.94. The molecule has 5 nitrogen and oxygen atoms in total. The molecule has 5 heteroatoms. The lowest BCUT2D eigenvalue weighted by Gasteiger charge is -2.34. The van der Waals surface area contributed by atoms with Crippen LogP contribution in [0.1, 0.15) is 117 Å². The van der Waals surface area contributed by atoms with E-state index in [1.807, 2.05) is 0 Å². The molecule has 1 amide bonds. The van der Waals surface area contributed by atoms with Crippen LogP contribution < -0.4 is 0 Å². The second-order valence-electron chi connectivity index (χ2n) is 12.1. The Kier molecular flexibility index (Phi) is 25.1. The molecule has 0 N–H and O–H groups in total. The second-order valence-corrected chi connectivity index (χ2v) is 12.1. The Labute approximate surface area is 256 Å². The molecule has 238 valence electrons. The van der Waals surface area contributed by atoms with Crippen LogP contribution in [0.15, 0.2) is 36.5 Å². The first kappa shape index (κ1) is 37.6. The van der Waals surface area contributed by atoms with Gasteiger partial charge in [0.2, 0.25) is 5.91 Å². The molecule has 0 unspecified atom stereocenters. The van der Waals surface area contributed by atoms with Gasteiger partial charge >= 0.3 is 0 Å². The zero-order valence-corrected chi connectivity index (χ0v) is 27.8. The van der Waals surface area contributed by atoms with Crippen molar-refractivity contribution in [2.45, 2.75) is 117 Å². The quantitative estimate of drug-likeness (QED) is 0.0777. The summed E-state index contributed by atoms with van der Waals surface area (Å²) in [6.07, 6.45) is 32.8. The van der Waals surface area contributed by atoms with E-state index in [-0.39, 0.29) is 0 Å².